The largest absolute Gasteiger partial charge is 0.478 e. The van der Waals surface area contributed by atoms with Crippen LogP contribution in [0.2, 0.25) is 0 Å². The molecule has 1 N–H and O–H groups in total. The van der Waals surface area contributed by atoms with Crippen LogP contribution >= 0.6 is 0 Å². The molecule has 1 aliphatic carbocycles. The van der Waals surface area contributed by atoms with Crippen molar-refractivity contribution in [3.8, 4) is 0 Å². The molecule has 0 amide bonds. The lowest BCUT2D eigenvalue weighted by molar-refractivity contribution is 0.0699. The van der Waals surface area contributed by atoms with Gasteiger partial charge in [0.25, 0.3) is 0 Å². The summed E-state index contributed by atoms with van der Waals surface area (Å²) in [5, 5.41) is 9.06. The Labute approximate surface area is 92.5 Å². The van der Waals surface area contributed by atoms with Crippen molar-refractivity contribution in [2.45, 2.75) is 26.2 Å². The van der Waals surface area contributed by atoms with Gasteiger partial charge in [-0.1, -0.05) is 0 Å². The summed E-state index contributed by atoms with van der Waals surface area (Å²) in [6.45, 7) is 1.96. The molecule has 0 spiro atoms. The zero-order chi connectivity index (χ0) is 11.3. The lowest BCUT2D eigenvalue weighted by Gasteiger charge is -2.07. The topological polar surface area (TPSA) is 54.6 Å². The van der Waals surface area contributed by atoms with Crippen molar-refractivity contribution in [3.63, 3.8) is 0 Å². The number of carboxylic acid groups (broad SMARTS) is 1. The van der Waals surface area contributed by atoms with Crippen molar-refractivity contribution in [1.82, 2.24) is 9.38 Å². The summed E-state index contributed by atoms with van der Waals surface area (Å²) in [4.78, 5) is 15.4. The maximum absolute atomic E-state index is 11.0. The van der Waals surface area contributed by atoms with Crippen LogP contribution in [0.5, 0.6) is 0 Å². The van der Waals surface area contributed by atoms with Crippen LogP contribution < -0.4 is 0 Å². The third kappa shape index (κ3) is 1.10. The third-order valence-corrected chi connectivity index (χ3v) is 3.28. The van der Waals surface area contributed by atoms with Crippen molar-refractivity contribution in [3.05, 3.63) is 34.8 Å². The van der Waals surface area contributed by atoms with Gasteiger partial charge in [0, 0.05) is 17.6 Å². The van der Waals surface area contributed by atoms with E-state index in [1.54, 1.807) is 6.07 Å². The van der Waals surface area contributed by atoms with Crippen LogP contribution in [-0.2, 0) is 12.8 Å². The van der Waals surface area contributed by atoms with E-state index in [1.165, 1.54) is 11.3 Å². The Morgan fingerprint density at radius 2 is 2.31 bits per heavy atom. The standard InChI is InChI=1S/C12H12N2O2/c1-7-8-3-2-4-10(8)14-6-5-9(12(15)16)11(14)13-7/h5-6H,2-4H2,1H3,(H,15,16). The zero-order valence-electron chi connectivity index (χ0n) is 9.03. The highest BCUT2D eigenvalue weighted by Crippen LogP contribution is 2.26. The monoisotopic (exact) mass is 216 g/mol. The number of rotatable bonds is 1. The highest BCUT2D eigenvalue weighted by Gasteiger charge is 2.20. The Balaban J connectivity index is 2.40. The second kappa shape index (κ2) is 3.07. The molecule has 0 aromatic carbocycles. The number of carboxylic acids is 1. The van der Waals surface area contributed by atoms with Crippen LogP contribution in [0.3, 0.4) is 0 Å². The van der Waals surface area contributed by atoms with Gasteiger partial charge in [0.05, 0.1) is 0 Å². The van der Waals surface area contributed by atoms with Crippen LogP contribution in [-0.4, -0.2) is 20.5 Å². The van der Waals surface area contributed by atoms with Gasteiger partial charge < -0.3 is 9.51 Å². The molecule has 1 aliphatic rings. The number of aromatic nitrogens is 2. The SMILES string of the molecule is Cc1nc2c(C(=O)O)ccn2c2c1CCC2. The first-order chi connectivity index (χ1) is 7.68. The predicted molar refractivity (Wildman–Crippen MR) is 58.9 cm³/mol. The second-order valence-electron chi connectivity index (χ2n) is 4.20. The molecule has 2 aromatic heterocycles. The summed E-state index contributed by atoms with van der Waals surface area (Å²) in [5.41, 5.74) is 4.36. The predicted octanol–water partition coefficient (Wildman–Crippen LogP) is 1.83. The first-order valence-electron chi connectivity index (χ1n) is 5.41. The maximum Gasteiger partial charge on any atom is 0.339 e. The molecule has 3 rings (SSSR count). The van der Waals surface area contributed by atoms with Gasteiger partial charge in [0.1, 0.15) is 5.56 Å². The number of nitrogens with zero attached hydrogens (tertiary/aromatic N) is 2. The normalized spacial score (nSPS) is 14.3. The Morgan fingerprint density at radius 1 is 1.50 bits per heavy atom. The first-order valence-corrected chi connectivity index (χ1v) is 5.41. The van der Waals surface area contributed by atoms with Crippen LogP contribution in [0, 0.1) is 6.92 Å². The van der Waals surface area contributed by atoms with Crippen LogP contribution in [0.15, 0.2) is 12.3 Å². The molecule has 16 heavy (non-hydrogen) atoms. The molecule has 0 radical (unpaired) electrons. The van der Waals surface area contributed by atoms with Crippen LogP contribution in [0.4, 0.5) is 0 Å². The van der Waals surface area contributed by atoms with Gasteiger partial charge >= 0.3 is 5.97 Å². The molecule has 0 atom stereocenters. The van der Waals surface area contributed by atoms with Gasteiger partial charge in [-0.15, -0.1) is 0 Å². The van der Waals surface area contributed by atoms with Gasteiger partial charge in [-0.2, -0.15) is 0 Å². The van der Waals surface area contributed by atoms with E-state index in [0.717, 1.165) is 25.0 Å². The van der Waals surface area contributed by atoms with Crippen molar-refractivity contribution >= 4 is 11.6 Å². The lowest BCUT2D eigenvalue weighted by Crippen LogP contribution is -2.04. The fourth-order valence-corrected chi connectivity index (χ4v) is 2.53. The fourth-order valence-electron chi connectivity index (χ4n) is 2.53. The summed E-state index contributed by atoms with van der Waals surface area (Å²) in [5.74, 6) is -0.910. The van der Waals surface area contributed by atoms with E-state index in [9.17, 15) is 4.79 Å². The first kappa shape index (κ1) is 9.39. The summed E-state index contributed by atoms with van der Waals surface area (Å²) < 4.78 is 1.93. The Morgan fingerprint density at radius 3 is 3.06 bits per heavy atom. The molecule has 82 valence electrons. The minimum Gasteiger partial charge on any atom is -0.478 e. The molecular formula is C12H12N2O2. The van der Waals surface area contributed by atoms with E-state index in [4.69, 9.17) is 5.11 Å². The summed E-state index contributed by atoms with van der Waals surface area (Å²) in [6, 6.07) is 1.63. The molecule has 4 nitrogen and oxygen atoms in total. The van der Waals surface area contributed by atoms with E-state index >= 15 is 0 Å². The third-order valence-electron chi connectivity index (χ3n) is 3.28. The molecule has 0 aliphatic heterocycles. The minimum atomic E-state index is -0.910. The second-order valence-corrected chi connectivity index (χ2v) is 4.20. The lowest BCUT2D eigenvalue weighted by atomic mass is 10.2. The molecule has 4 heteroatoms. The smallest absolute Gasteiger partial charge is 0.339 e. The summed E-state index contributed by atoms with van der Waals surface area (Å²) in [6.07, 6.45) is 5.03. The van der Waals surface area contributed by atoms with E-state index in [-0.39, 0.29) is 5.56 Å². The number of hydrogen-bond acceptors (Lipinski definition) is 2. The highest BCUT2D eigenvalue weighted by molar-refractivity contribution is 5.94. The van der Waals surface area contributed by atoms with E-state index in [1.807, 2.05) is 17.5 Å². The fraction of sp³-hybridized carbons (Fsp3) is 0.333. The average molecular weight is 216 g/mol. The molecule has 2 heterocycles. The van der Waals surface area contributed by atoms with Gasteiger partial charge in [0.2, 0.25) is 0 Å². The number of fused-ring (bicyclic) bond motifs is 3. The van der Waals surface area contributed by atoms with Gasteiger partial charge in [-0.3, -0.25) is 0 Å². The minimum absolute atomic E-state index is 0.290. The number of aryl methyl sites for hydroxylation is 2. The van der Waals surface area contributed by atoms with Crippen molar-refractivity contribution in [2.24, 2.45) is 0 Å². The summed E-state index contributed by atoms with van der Waals surface area (Å²) >= 11 is 0. The van der Waals surface area contributed by atoms with Crippen molar-refractivity contribution in [1.29, 1.82) is 0 Å². The van der Waals surface area contributed by atoms with Crippen LogP contribution in [0.1, 0.15) is 33.7 Å². The summed E-state index contributed by atoms with van der Waals surface area (Å²) in [7, 11) is 0. The van der Waals surface area contributed by atoms with Crippen molar-refractivity contribution < 1.29 is 9.90 Å². The molecule has 0 saturated heterocycles. The molecule has 0 saturated carbocycles. The number of aromatic carboxylic acids is 1. The molecule has 0 fully saturated rings. The Hall–Kier alpha value is -1.84. The van der Waals surface area contributed by atoms with E-state index in [2.05, 4.69) is 4.98 Å². The van der Waals surface area contributed by atoms with E-state index in [0.29, 0.717) is 5.65 Å². The van der Waals surface area contributed by atoms with Gasteiger partial charge in [-0.05, 0) is 37.8 Å². The number of hydrogen-bond donors (Lipinski definition) is 1. The van der Waals surface area contributed by atoms with Gasteiger partial charge in [-0.25, -0.2) is 9.78 Å². The van der Waals surface area contributed by atoms with Crippen molar-refractivity contribution in [2.75, 3.05) is 0 Å². The molecule has 0 unspecified atom stereocenters. The zero-order valence-corrected chi connectivity index (χ0v) is 9.03. The average Bonchev–Trinajstić information content (AvgIpc) is 2.80. The maximum atomic E-state index is 11.0. The Bertz CT molecular complexity index is 599. The van der Waals surface area contributed by atoms with Gasteiger partial charge in [0.15, 0.2) is 5.65 Å². The molecular weight excluding hydrogens is 204 g/mol. The van der Waals surface area contributed by atoms with Crippen LogP contribution in [0.25, 0.3) is 5.65 Å². The quantitative estimate of drug-likeness (QED) is 0.791. The molecule has 0 bridgehead atoms. The Kier molecular flexibility index (Phi) is 1.80. The number of carbonyl (C=O) groups is 1. The highest BCUT2D eigenvalue weighted by atomic mass is 16.4. The molecule has 2 aromatic rings. The van der Waals surface area contributed by atoms with E-state index < -0.39 is 5.97 Å².